The number of carbonyl (C=O) groups is 1. The molecule has 6 nitrogen and oxygen atoms in total. The maximum atomic E-state index is 12.2. The van der Waals surface area contributed by atoms with Crippen LogP contribution in [0, 0.1) is 6.92 Å². The first kappa shape index (κ1) is 20.9. The molecule has 1 aliphatic rings. The van der Waals surface area contributed by atoms with E-state index >= 15 is 0 Å². The number of anilines is 1. The molecule has 0 fully saturated rings. The van der Waals surface area contributed by atoms with Crippen molar-refractivity contribution in [2.45, 2.75) is 25.0 Å². The summed E-state index contributed by atoms with van der Waals surface area (Å²) < 4.78 is 5.45. The average Bonchev–Trinajstić information content (AvgIpc) is 3.11. The SMILES string of the molecule is Cc1cc(C(O)C(O)CNC(=O)OCC2c3ccccc3-c3ccccc32)ccc1N. The predicted octanol–water partition coefficient (Wildman–Crippen LogP) is 3.51. The lowest BCUT2D eigenvalue weighted by atomic mass is 9.98. The summed E-state index contributed by atoms with van der Waals surface area (Å²) >= 11 is 0. The third kappa shape index (κ3) is 4.26. The van der Waals surface area contributed by atoms with Crippen molar-refractivity contribution in [1.29, 1.82) is 0 Å². The zero-order valence-electron chi connectivity index (χ0n) is 17.3. The van der Waals surface area contributed by atoms with Gasteiger partial charge >= 0.3 is 6.09 Å². The highest BCUT2D eigenvalue weighted by Gasteiger charge is 2.29. The Bertz CT molecular complexity index is 1050. The number of aliphatic hydroxyl groups excluding tert-OH is 2. The predicted molar refractivity (Wildman–Crippen MR) is 120 cm³/mol. The van der Waals surface area contributed by atoms with Gasteiger partial charge in [0.25, 0.3) is 0 Å². The van der Waals surface area contributed by atoms with Gasteiger partial charge in [0, 0.05) is 18.2 Å². The van der Waals surface area contributed by atoms with E-state index in [-0.39, 0.29) is 19.1 Å². The summed E-state index contributed by atoms with van der Waals surface area (Å²) in [6, 6.07) is 21.3. The van der Waals surface area contributed by atoms with Crippen LogP contribution < -0.4 is 11.1 Å². The van der Waals surface area contributed by atoms with E-state index in [0.717, 1.165) is 27.8 Å². The highest BCUT2D eigenvalue weighted by molar-refractivity contribution is 5.79. The summed E-state index contributed by atoms with van der Waals surface area (Å²) in [7, 11) is 0. The summed E-state index contributed by atoms with van der Waals surface area (Å²) in [6.45, 7) is 1.88. The van der Waals surface area contributed by atoms with Crippen molar-refractivity contribution >= 4 is 11.8 Å². The lowest BCUT2D eigenvalue weighted by molar-refractivity contribution is 0.0185. The van der Waals surface area contributed by atoms with Crippen LogP contribution in [-0.4, -0.2) is 35.6 Å². The van der Waals surface area contributed by atoms with Crippen LogP contribution in [0.2, 0.25) is 0 Å². The fourth-order valence-corrected chi connectivity index (χ4v) is 4.05. The molecule has 1 amide bonds. The topological polar surface area (TPSA) is 105 Å². The number of alkyl carbamates (subject to hydrolysis) is 1. The van der Waals surface area contributed by atoms with Gasteiger partial charge in [-0.2, -0.15) is 0 Å². The molecule has 0 aliphatic heterocycles. The summed E-state index contributed by atoms with van der Waals surface area (Å²) in [5, 5.41) is 23.2. The standard InChI is InChI=1S/C25H26N2O4/c1-15-12-16(10-11-22(15)26)24(29)23(28)13-27-25(30)31-14-21-19-8-4-2-6-17(19)18-7-3-5-9-20(18)21/h2-12,21,23-24,28-29H,13-14,26H2,1H3,(H,27,30). The van der Waals surface area contributed by atoms with Crippen molar-refractivity contribution in [2.24, 2.45) is 0 Å². The second kappa shape index (κ2) is 8.79. The van der Waals surface area contributed by atoms with Crippen molar-refractivity contribution in [3.63, 3.8) is 0 Å². The molecule has 2 atom stereocenters. The Hall–Kier alpha value is -3.35. The summed E-state index contributed by atoms with van der Waals surface area (Å²) in [5.41, 5.74) is 12.3. The molecule has 1 aliphatic carbocycles. The van der Waals surface area contributed by atoms with E-state index < -0.39 is 18.3 Å². The van der Waals surface area contributed by atoms with Gasteiger partial charge in [-0.25, -0.2) is 4.79 Å². The van der Waals surface area contributed by atoms with Crippen molar-refractivity contribution in [2.75, 3.05) is 18.9 Å². The molecule has 31 heavy (non-hydrogen) atoms. The largest absolute Gasteiger partial charge is 0.449 e. The fraction of sp³-hybridized carbons (Fsp3) is 0.240. The number of aliphatic hydroxyl groups is 2. The number of ether oxygens (including phenoxy) is 1. The van der Waals surface area contributed by atoms with Crippen molar-refractivity contribution < 1.29 is 19.7 Å². The highest BCUT2D eigenvalue weighted by Crippen LogP contribution is 2.44. The van der Waals surface area contributed by atoms with E-state index in [1.807, 2.05) is 31.2 Å². The molecule has 2 unspecified atom stereocenters. The first-order chi connectivity index (χ1) is 15.0. The number of carbonyl (C=O) groups excluding carboxylic acids is 1. The van der Waals surface area contributed by atoms with E-state index in [0.29, 0.717) is 11.3 Å². The number of benzene rings is 3. The number of hydrogen-bond acceptors (Lipinski definition) is 5. The van der Waals surface area contributed by atoms with Gasteiger partial charge < -0.3 is 26.0 Å². The molecule has 4 rings (SSSR count). The van der Waals surface area contributed by atoms with Crippen LogP contribution in [0.15, 0.2) is 66.7 Å². The third-order valence-corrected chi connectivity index (χ3v) is 5.80. The van der Waals surface area contributed by atoms with Gasteiger partial charge in [-0.3, -0.25) is 0 Å². The number of nitrogen functional groups attached to an aromatic ring is 1. The van der Waals surface area contributed by atoms with Crippen LogP contribution in [0.3, 0.4) is 0 Å². The van der Waals surface area contributed by atoms with Gasteiger partial charge in [0.15, 0.2) is 0 Å². The molecule has 0 aromatic heterocycles. The molecule has 160 valence electrons. The van der Waals surface area contributed by atoms with Crippen LogP contribution in [0.4, 0.5) is 10.5 Å². The van der Waals surface area contributed by atoms with Gasteiger partial charge in [-0.15, -0.1) is 0 Å². The molecule has 0 saturated heterocycles. The Morgan fingerprint density at radius 1 is 1.03 bits per heavy atom. The molecule has 0 saturated carbocycles. The monoisotopic (exact) mass is 418 g/mol. The minimum Gasteiger partial charge on any atom is -0.449 e. The molecule has 0 heterocycles. The number of nitrogens with one attached hydrogen (secondary N) is 1. The van der Waals surface area contributed by atoms with Crippen molar-refractivity contribution in [3.05, 3.63) is 89.0 Å². The Labute approximate surface area is 181 Å². The molecule has 6 heteroatoms. The van der Waals surface area contributed by atoms with Crippen molar-refractivity contribution in [1.82, 2.24) is 5.32 Å². The maximum absolute atomic E-state index is 12.2. The number of rotatable bonds is 6. The Morgan fingerprint density at radius 3 is 2.26 bits per heavy atom. The van der Waals surface area contributed by atoms with Crippen LogP contribution in [0.25, 0.3) is 11.1 Å². The average molecular weight is 418 g/mol. The van der Waals surface area contributed by atoms with Gasteiger partial charge in [-0.05, 0) is 46.4 Å². The highest BCUT2D eigenvalue weighted by atomic mass is 16.5. The molecule has 0 spiro atoms. The number of hydrogen-bond donors (Lipinski definition) is 4. The Balaban J connectivity index is 1.34. The van der Waals surface area contributed by atoms with Gasteiger partial charge in [0.2, 0.25) is 0 Å². The van der Waals surface area contributed by atoms with Gasteiger partial charge in [0.05, 0.1) is 0 Å². The van der Waals surface area contributed by atoms with Crippen molar-refractivity contribution in [3.8, 4) is 11.1 Å². The van der Waals surface area contributed by atoms with E-state index in [4.69, 9.17) is 10.5 Å². The van der Waals surface area contributed by atoms with Gasteiger partial charge in [0.1, 0.15) is 18.8 Å². The van der Waals surface area contributed by atoms with Gasteiger partial charge in [-0.1, -0.05) is 60.7 Å². The van der Waals surface area contributed by atoms with E-state index in [2.05, 4.69) is 29.6 Å². The summed E-state index contributed by atoms with van der Waals surface area (Å²) in [5.74, 6) is -0.0357. The molecule has 5 N–H and O–H groups in total. The lowest BCUT2D eigenvalue weighted by Gasteiger charge is -2.20. The van der Waals surface area contributed by atoms with Crippen LogP contribution in [0.1, 0.15) is 34.3 Å². The van der Waals surface area contributed by atoms with E-state index in [1.54, 1.807) is 18.2 Å². The first-order valence-electron chi connectivity index (χ1n) is 10.3. The Morgan fingerprint density at radius 2 is 1.65 bits per heavy atom. The maximum Gasteiger partial charge on any atom is 0.407 e. The molecular weight excluding hydrogens is 392 g/mol. The number of fused-ring (bicyclic) bond motifs is 3. The molecular formula is C25H26N2O4. The zero-order valence-corrected chi connectivity index (χ0v) is 17.3. The minimum absolute atomic E-state index is 0.0357. The number of nitrogens with two attached hydrogens (primary N) is 1. The second-order valence-corrected chi connectivity index (χ2v) is 7.83. The summed E-state index contributed by atoms with van der Waals surface area (Å²) in [4.78, 5) is 12.2. The van der Waals surface area contributed by atoms with E-state index in [1.165, 1.54) is 0 Å². The lowest BCUT2D eigenvalue weighted by Crippen LogP contribution is -2.36. The molecule has 0 bridgehead atoms. The quantitative estimate of drug-likeness (QED) is 0.459. The smallest absolute Gasteiger partial charge is 0.407 e. The van der Waals surface area contributed by atoms with E-state index in [9.17, 15) is 15.0 Å². The van der Waals surface area contributed by atoms with Crippen LogP contribution in [-0.2, 0) is 4.74 Å². The zero-order chi connectivity index (χ0) is 22.0. The molecule has 3 aromatic rings. The summed E-state index contributed by atoms with van der Waals surface area (Å²) in [6.07, 6.45) is -2.96. The van der Waals surface area contributed by atoms with Crippen LogP contribution >= 0.6 is 0 Å². The molecule has 0 radical (unpaired) electrons. The fourth-order valence-electron chi connectivity index (χ4n) is 4.05. The number of amides is 1. The minimum atomic E-state index is -1.18. The Kier molecular flexibility index (Phi) is 5.93. The first-order valence-corrected chi connectivity index (χ1v) is 10.3. The normalized spacial score (nSPS) is 14.4. The second-order valence-electron chi connectivity index (χ2n) is 7.83. The third-order valence-electron chi connectivity index (χ3n) is 5.80. The molecule has 3 aromatic carbocycles. The number of aryl methyl sites for hydroxylation is 1. The van der Waals surface area contributed by atoms with Crippen LogP contribution in [0.5, 0.6) is 0 Å².